The number of carbonyl (C=O) groups is 1. The van der Waals surface area contributed by atoms with Crippen LogP contribution in [0.3, 0.4) is 0 Å². The van der Waals surface area contributed by atoms with Gasteiger partial charge in [-0.3, -0.25) is 4.79 Å². The van der Waals surface area contributed by atoms with Crippen LogP contribution in [-0.4, -0.2) is 34.1 Å². The number of rotatable bonds is 3. The van der Waals surface area contributed by atoms with Crippen molar-refractivity contribution in [3.05, 3.63) is 52.7 Å². The van der Waals surface area contributed by atoms with Crippen LogP contribution in [0, 0.1) is 0 Å². The molecule has 0 unspecified atom stereocenters. The largest absolute Gasteiger partial charge is 0.470 e. The summed E-state index contributed by atoms with van der Waals surface area (Å²) in [7, 11) is 0. The minimum absolute atomic E-state index is 0.0927. The smallest absolute Gasteiger partial charge is 0.417 e. The zero-order valence-electron chi connectivity index (χ0n) is 13.5. The lowest BCUT2D eigenvalue weighted by Crippen LogP contribution is -2.38. The van der Waals surface area contributed by atoms with Gasteiger partial charge >= 0.3 is 12.1 Å². The van der Waals surface area contributed by atoms with Crippen molar-refractivity contribution in [3.63, 3.8) is 0 Å². The van der Waals surface area contributed by atoms with Gasteiger partial charge in [0.15, 0.2) is 0 Å². The van der Waals surface area contributed by atoms with Gasteiger partial charge in [0.25, 0.3) is 0 Å². The number of carbonyl (C=O) groups excluding carboxylic acids is 1. The van der Waals surface area contributed by atoms with Crippen LogP contribution in [0.5, 0.6) is 0 Å². The summed E-state index contributed by atoms with van der Waals surface area (Å²) in [5, 5.41) is 7.07. The van der Waals surface area contributed by atoms with Crippen LogP contribution in [0.15, 0.2) is 34.8 Å². The molecule has 9 heteroatoms. The molecule has 1 aliphatic rings. The second-order valence-corrected chi connectivity index (χ2v) is 6.33. The molecule has 2 heterocycles. The Hall–Kier alpha value is -2.35. The number of aromatic nitrogens is 2. The first-order valence-electron chi connectivity index (χ1n) is 7.96. The SMILES string of the molecule is O=C(/C=C/c1ccccc1Cl)N1CCC[C@@H](c2nnc(C(F)(F)F)o2)C1. The molecule has 1 aliphatic heterocycles. The van der Waals surface area contributed by atoms with Crippen LogP contribution in [0.1, 0.15) is 36.1 Å². The number of piperidine rings is 1. The lowest BCUT2D eigenvalue weighted by atomic mass is 9.98. The number of amides is 1. The van der Waals surface area contributed by atoms with Gasteiger partial charge < -0.3 is 9.32 Å². The standard InChI is InChI=1S/C17H15ClF3N3O2/c18-13-6-2-1-4-11(13)7-8-14(25)24-9-3-5-12(10-24)15-22-23-16(26-15)17(19,20)21/h1-2,4,6-8,12H,3,5,9-10H2/b8-7+/t12-/m1/s1. The Kier molecular flexibility index (Phi) is 5.31. The number of hydrogen-bond donors (Lipinski definition) is 0. The number of benzene rings is 1. The van der Waals surface area contributed by atoms with E-state index in [4.69, 9.17) is 16.0 Å². The molecule has 0 spiro atoms. The number of alkyl halides is 3. The van der Waals surface area contributed by atoms with Crippen LogP contribution in [-0.2, 0) is 11.0 Å². The third kappa shape index (κ3) is 4.24. The van der Waals surface area contributed by atoms with Crippen molar-refractivity contribution >= 4 is 23.6 Å². The monoisotopic (exact) mass is 385 g/mol. The number of nitrogens with zero attached hydrogens (tertiary/aromatic N) is 3. The molecule has 1 saturated heterocycles. The normalized spacial score (nSPS) is 18.5. The molecule has 26 heavy (non-hydrogen) atoms. The van der Waals surface area contributed by atoms with Gasteiger partial charge in [0.05, 0.1) is 5.92 Å². The topological polar surface area (TPSA) is 59.2 Å². The number of halogens is 4. The lowest BCUT2D eigenvalue weighted by molar-refractivity contribution is -0.157. The van der Waals surface area contributed by atoms with E-state index in [1.54, 1.807) is 35.2 Å². The van der Waals surface area contributed by atoms with Crippen molar-refractivity contribution in [2.75, 3.05) is 13.1 Å². The van der Waals surface area contributed by atoms with Crippen LogP contribution in [0.25, 0.3) is 6.08 Å². The summed E-state index contributed by atoms with van der Waals surface area (Å²) in [5.41, 5.74) is 0.711. The van der Waals surface area contributed by atoms with E-state index in [0.29, 0.717) is 30.0 Å². The zero-order chi connectivity index (χ0) is 18.7. The summed E-state index contributed by atoms with van der Waals surface area (Å²) in [5.74, 6) is -2.12. The van der Waals surface area contributed by atoms with E-state index in [2.05, 4.69) is 10.2 Å². The van der Waals surface area contributed by atoms with Crippen molar-refractivity contribution < 1.29 is 22.4 Å². The zero-order valence-corrected chi connectivity index (χ0v) is 14.3. The fraction of sp³-hybridized carbons (Fsp3) is 0.353. The van der Waals surface area contributed by atoms with Gasteiger partial charge in [0, 0.05) is 24.2 Å². The Bertz CT molecular complexity index is 820. The molecule has 0 N–H and O–H groups in total. The number of hydrogen-bond acceptors (Lipinski definition) is 4. The summed E-state index contributed by atoms with van der Waals surface area (Å²) >= 11 is 6.04. The van der Waals surface area contributed by atoms with Crippen molar-refractivity contribution in [2.45, 2.75) is 24.9 Å². The van der Waals surface area contributed by atoms with E-state index in [9.17, 15) is 18.0 Å². The van der Waals surface area contributed by atoms with Crippen molar-refractivity contribution in [2.24, 2.45) is 0 Å². The highest BCUT2D eigenvalue weighted by atomic mass is 35.5. The van der Waals surface area contributed by atoms with Crippen molar-refractivity contribution in [3.8, 4) is 0 Å². The second kappa shape index (κ2) is 7.49. The van der Waals surface area contributed by atoms with Gasteiger partial charge in [-0.15, -0.1) is 10.2 Å². The molecule has 1 amide bonds. The molecule has 3 rings (SSSR count). The molecule has 0 aliphatic carbocycles. The molecule has 0 bridgehead atoms. The maximum Gasteiger partial charge on any atom is 0.470 e. The molecule has 138 valence electrons. The van der Waals surface area contributed by atoms with Crippen molar-refractivity contribution in [1.29, 1.82) is 0 Å². The summed E-state index contributed by atoms with van der Waals surface area (Å²) in [4.78, 5) is 13.9. The summed E-state index contributed by atoms with van der Waals surface area (Å²) < 4.78 is 42.5. The maximum atomic E-state index is 12.6. The van der Waals surface area contributed by atoms with Gasteiger partial charge in [-0.05, 0) is 30.5 Å². The van der Waals surface area contributed by atoms with Gasteiger partial charge in [0.1, 0.15) is 0 Å². The molecular weight excluding hydrogens is 371 g/mol. The molecule has 1 aromatic heterocycles. The van der Waals surface area contributed by atoms with Gasteiger partial charge in [-0.25, -0.2) is 0 Å². The Balaban J connectivity index is 1.67. The Labute approximate surface area is 152 Å². The molecule has 2 aromatic rings. The van der Waals surface area contributed by atoms with Crippen LogP contribution in [0.4, 0.5) is 13.2 Å². The first kappa shape index (κ1) is 18.4. The third-order valence-electron chi connectivity index (χ3n) is 4.08. The van der Waals surface area contributed by atoms with E-state index in [1.807, 2.05) is 0 Å². The lowest BCUT2D eigenvalue weighted by Gasteiger charge is -2.30. The predicted molar refractivity (Wildman–Crippen MR) is 88.3 cm³/mol. The Morgan fingerprint density at radius 3 is 2.77 bits per heavy atom. The molecular formula is C17H15ClF3N3O2. The molecule has 0 radical (unpaired) electrons. The average Bonchev–Trinajstić information content (AvgIpc) is 3.11. The van der Waals surface area contributed by atoms with E-state index in [-0.39, 0.29) is 18.3 Å². The first-order valence-corrected chi connectivity index (χ1v) is 8.34. The van der Waals surface area contributed by atoms with Crippen LogP contribution < -0.4 is 0 Å². The van der Waals surface area contributed by atoms with E-state index in [1.165, 1.54) is 6.08 Å². The number of likely N-dealkylation sites (tertiary alicyclic amines) is 1. The minimum atomic E-state index is -4.67. The highest BCUT2D eigenvalue weighted by Gasteiger charge is 2.39. The molecule has 5 nitrogen and oxygen atoms in total. The highest BCUT2D eigenvalue weighted by molar-refractivity contribution is 6.32. The van der Waals surface area contributed by atoms with Crippen molar-refractivity contribution in [1.82, 2.24) is 15.1 Å². The van der Waals surface area contributed by atoms with Gasteiger partial charge in [-0.2, -0.15) is 13.2 Å². The maximum absolute atomic E-state index is 12.6. The fourth-order valence-corrected chi connectivity index (χ4v) is 2.97. The van der Waals surface area contributed by atoms with Gasteiger partial charge in [0.2, 0.25) is 11.8 Å². The fourth-order valence-electron chi connectivity index (χ4n) is 2.77. The summed E-state index contributed by atoms with van der Waals surface area (Å²) in [6, 6.07) is 7.09. The van der Waals surface area contributed by atoms with E-state index < -0.39 is 18.0 Å². The predicted octanol–water partition coefficient (Wildman–Crippen LogP) is 4.16. The van der Waals surface area contributed by atoms with E-state index in [0.717, 1.165) is 0 Å². The Morgan fingerprint density at radius 2 is 2.08 bits per heavy atom. The van der Waals surface area contributed by atoms with Crippen LogP contribution in [0.2, 0.25) is 5.02 Å². The quantitative estimate of drug-likeness (QED) is 0.744. The summed E-state index contributed by atoms with van der Waals surface area (Å²) in [6.07, 6.45) is -0.439. The highest BCUT2D eigenvalue weighted by Crippen LogP contribution is 2.32. The summed E-state index contributed by atoms with van der Waals surface area (Å²) in [6.45, 7) is 0.744. The molecule has 1 aromatic carbocycles. The first-order chi connectivity index (χ1) is 12.3. The van der Waals surface area contributed by atoms with Gasteiger partial charge in [-0.1, -0.05) is 29.8 Å². The van der Waals surface area contributed by atoms with E-state index >= 15 is 0 Å². The molecule has 1 fully saturated rings. The minimum Gasteiger partial charge on any atom is -0.417 e. The second-order valence-electron chi connectivity index (χ2n) is 5.92. The molecule has 1 atom stereocenters. The van der Waals surface area contributed by atoms with Crippen LogP contribution >= 0.6 is 11.6 Å². The average molecular weight is 386 g/mol. The Morgan fingerprint density at radius 1 is 1.31 bits per heavy atom. The molecule has 0 saturated carbocycles. The third-order valence-corrected chi connectivity index (χ3v) is 4.42.